The first-order valence-electron chi connectivity index (χ1n) is 8.19. The van der Waals surface area contributed by atoms with Crippen LogP contribution in [-0.4, -0.2) is 50.6 Å². The maximum Gasteiger partial charge on any atom is 0.311 e. The predicted octanol–water partition coefficient (Wildman–Crippen LogP) is 1.67. The number of amides is 2. The molecule has 2 rings (SSSR count). The quantitative estimate of drug-likeness (QED) is 0.726. The van der Waals surface area contributed by atoms with Crippen LogP contribution in [0, 0.1) is 6.92 Å². The lowest BCUT2D eigenvalue weighted by Gasteiger charge is -2.38. The molecule has 0 radical (unpaired) electrons. The Morgan fingerprint density at radius 1 is 1.31 bits per heavy atom. The van der Waals surface area contributed by atoms with E-state index in [1.807, 2.05) is 36.1 Å². The number of benzene rings is 1. The van der Waals surface area contributed by atoms with E-state index in [-0.39, 0.29) is 12.6 Å². The lowest BCUT2D eigenvalue weighted by molar-refractivity contribution is -0.122. The summed E-state index contributed by atoms with van der Waals surface area (Å²) in [6.45, 7) is 2.58. The summed E-state index contributed by atoms with van der Waals surface area (Å²) in [5.41, 5.74) is 1.99. The first kappa shape index (κ1) is 20.6. The van der Waals surface area contributed by atoms with Crippen molar-refractivity contribution < 1.29 is 18.0 Å². The van der Waals surface area contributed by atoms with Gasteiger partial charge in [0.15, 0.2) is 0 Å². The number of imide groups is 1. The van der Waals surface area contributed by atoms with Crippen LogP contribution in [0.3, 0.4) is 0 Å². The molecule has 2 unspecified atom stereocenters. The summed E-state index contributed by atoms with van der Waals surface area (Å²) in [5, 5.41) is 1.81. The standard InChI is InChI=1S/C16H22N4O4S2/c1-11-5-7-12(8-6-11)15-13(19-26(23)24)4-3-9-20(15)10-14(21)18-16(22)25-17-2/h5-8,13,15,17H,3-4,9-10H2,1-2H3,(H,18,21,22). The first-order valence-corrected chi connectivity index (χ1v) is 10.0. The highest BCUT2D eigenvalue weighted by Gasteiger charge is 2.34. The molecule has 0 aliphatic carbocycles. The van der Waals surface area contributed by atoms with Gasteiger partial charge in [0.05, 0.1) is 18.6 Å². The van der Waals surface area contributed by atoms with E-state index >= 15 is 0 Å². The summed E-state index contributed by atoms with van der Waals surface area (Å²) in [7, 11) is -0.934. The Morgan fingerprint density at radius 3 is 2.62 bits per heavy atom. The van der Waals surface area contributed by atoms with Gasteiger partial charge in [-0.15, -0.1) is 0 Å². The molecule has 2 atom stereocenters. The number of carbonyl (C=O) groups excluding carboxylic acids is 2. The van der Waals surface area contributed by atoms with Crippen molar-refractivity contribution >= 4 is 33.6 Å². The fraction of sp³-hybridized carbons (Fsp3) is 0.500. The molecule has 0 aromatic heterocycles. The largest absolute Gasteiger partial charge is 0.311 e. The molecule has 0 saturated carbocycles. The average Bonchev–Trinajstić information content (AvgIpc) is 2.56. The van der Waals surface area contributed by atoms with Gasteiger partial charge in [-0.25, -0.2) is 0 Å². The molecule has 1 heterocycles. The zero-order valence-corrected chi connectivity index (χ0v) is 16.3. The summed E-state index contributed by atoms with van der Waals surface area (Å²) >= 11 is 0.790. The molecule has 26 heavy (non-hydrogen) atoms. The molecule has 0 bridgehead atoms. The number of piperidine rings is 1. The van der Waals surface area contributed by atoms with Crippen LogP contribution in [0.4, 0.5) is 4.79 Å². The lowest BCUT2D eigenvalue weighted by Crippen LogP contribution is -2.46. The summed E-state index contributed by atoms with van der Waals surface area (Å²) < 4.78 is 28.7. The number of nitrogens with one attached hydrogen (secondary N) is 2. The van der Waals surface area contributed by atoms with Crippen LogP contribution in [0.15, 0.2) is 28.6 Å². The zero-order valence-electron chi connectivity index (χ0n) is 14.6. The molecule has 2 N–H and O–H groups in total. The van der Waals surface area contributed by atoms with E-state index in [0.29, 0.717) is 13.0 Å². The van der Waals surface area contributed by atoms with Gasteiger partial charge in [-0.2, -0.15) is 12.8 Å². The number of rotatable bonds is 5. The van der Waals surface area contributed by atoms with Crippen LogP contribution in [0.1, 0.15) is 30.0 Å². The van der Waals surface area contributed by atoms with Gasteiger partial charge < -0.3 is 0 Å². The van der Waals surface area contributed by atoms with E-state index in [9.17, 15) is 18.0 Å². The molecular formula is C16H22N4O4S2. The zero-order chi connectivity index (χ0) is 19.1. The lowest BCUT2D eigenvalue weighted by atomic mass is 9.90. The Balaban J connectivity index is 2.23. The molecule has 1 aromatic carbocycles. The molecule has 1 aliphatic rings. The van der Waals surface area contributed by atoms with Crippen molar-refractivity contribution in [3.8, 4) is 0 Å². The second-order valence-electron chi connectivity index (χ2n) is 6.00. The van der Waals surface area contributed by atoms with E-state index < -0.39 is 27.7 Å². The number of nitrogens with zero attached hydrogens (tertiary/aromatic N) is 2. The SMILES string of the molecule is CNSC(=O)NC(=O)CN1CCCC(N=S(=O)=O)C1c1ccc(C)cc1. The Morgan fingerprint density at radius 2 is 2.00 bits per heavy atom. The molecule has 142 valence electrons. The van der Waals surface area contributed by atoms with Gasteiger partial charge in [0.25, 0.3) is 0 Å². The number of likely N-dealkylation sites (tertiary alicyclic amines) is 1. The van der Waals surface area contributed by atoms with Crippen LogP contribution in [0.2, 0.25) is 0 Å². The van der Waals surface area contributed by atoms with Crippen LogP contribution >= 0.6 is 11.9 Å². The van der Waals surface area contributed by atoms with Gasteiger partial charge in [-0.1, -0.05) is 29.8 Å². The topological polar surface area (TPSA) is 108 Å². The van der Waals surface area contributed by atoms with Gasteiger partial charge in [0.1, 0.15) is 0 Å². The summed E-state index contributed by atoms with van der Waals surface area (Å²) in [6.07, 6.45) is 1.35. The first-order chi connectivity index (χ1) is 12.4. The molecule has 1 saturated heterocycles. The maximum absolute atomic E-state index is 12.2. The van der Waals surface area contributed by atoms with Crippen molar-refractivity contribution in [1.29, 1.82) is 0 Å². The van der Waals surface area contributed by atoms with Crippen LogP contribution in [0.5, 0.6) is 0 Å². The number of aryl methyl sites for hydroxylation is 1. The van der Waals surface area contributed by atoms with E-state index in [2.05, 4.69) is 14.4 Å². The average molecular weight is 399 g/mol. The monoisotopic (exact) mass is 398 g/mol. The van der Waals surface area contributed by atoms with E-state index in [0.717, 1.165) is 29.5 Å². The molecule has 10 heteroatoms. The third-order valence-corrected chi connectivity index (χ3v) is 5.06. The van der Waals surface area contributed by atoms with Gasteiger partial charge in [0.2, 0.25) is 5.91 Å². The normalized spacial score (nSPS) is 20.4. The highest BCUT2D eigenvalue weighted by molar-refractivity contribution is 8.11. The second-order valence-corrected chi connectivity index (χ2v) is 7.63. The maximum atomic E-state index is 12.2. The minimum Gasteiger partial charge on any atom is -0.285 e. The molecule has 2 amide bonds. The molecule has 0 spiro atoms. The molecule has 1 aliphatic heterocycles. The molecule has 1 fully saturated rings. The Kier molecular flexibility index (Phi) is 7.76. The van der Waals surface area contributed by atoms with Crippen molar-refractivity contribution in [2.24, 2.45) is 4.36 Å². The fourth-order valence-corrected chi connectivity index (χ4v) is 3.89. The van der Waals surface area contributed by atoms with Gasteiger partial charge in [-0.05, 0) is 38.9 Å². The van der Waals surface area contributed by atoms with Gasteiger partial charge in [0, 0.05) is 11.9 Å². The number of carbonyl (C=O) groups is 2. The van der Waals surface area contributed by atoms with Crippen molar-refractivity contribution in [2.45, 2.75) is 31.8 Å². The third kappa shape index (κ3) is 5.90. The Labute approximate surface area is 158 Å². The van der Waals surface area contributed by atoms with Crippen LogP contribution in [0.25, 0.3) is 0 Å². The van der Waals surface area contributed by atoms with E-state index in [1.165, 1.54) is 0 Å². The van der Waals surface area contributed by atoms with E-state index in [4.69, 9.17) is 0 Å². The van der Waals surface area contributed by atoms with Crippen molar-refractivity contribution in [1.82, 2.24) is 14.9 Å². The van der Waals surface area contributed by atoms with Gasteiger partial charge in [-0.3, -0.25) is 24.5 Å². The minimum atomic E-state index is -2.52. The fourth-order valence-electron chi connectivity index (χ4n) is 3.09. The summed E-state index contributed by atoms with van der Waals surface area (Å²) in [5.74, 6) is -0.432. The van der Waals surface area contributed by atoms with E-state index in [1.54, 1.807) is 7.05 Å². The van der Waals surface area contributed by atoms with Crippen molar-refractivity contribution in [2.75, 3.05) is 20.1 Å². The van der Waals surface area contributed by atoms with Crippen molar-refractivity contribution in [3.63, 3.8) is 0 Å². The van der Waals surface area contributed by atoms with Gasteiger partial charge >= 0.3 is 15.7 Å². The predicted molar refractivity (Wildman–Crippen MR) is 100 cm³/mol. The number of hydrogen-bond acceptors (Lipinski definition) is 8. The Bertz CT molecular complexity index is 772. The van der Waals surface area contributed by atoms with Crippen LogP contribution in [-0.2, 0) is 15.3 Å². The molecular weight excluding hydrogens is 376 g/mol. The minimum absolute atomic E-state index is 0.00787. The third-order valence-electron chi connectivity index (χ3n) is 4.13. The summed E-state index contributed by atoms with van der Waals surface area (Å²) in [6, 6.07) is 6.95. The van der Waals surface area contributed by atoms with Crippen LogP contribution < -0.4 is 10.0 Å². The highest BCUT2D eigenvalue weighted by Crippen LogP contribution is 2.33. The summed E-state index contributed by atoms with van der Waals surface area (Å²) in [4.78, 5) is 25.6. The van der Waals surface area contributed by atoms with Crippen molar-refractivity contribution in [3.05, 3.63) is 35.4 Å². The second kappa shape index (κ2) is 9.81. The highest BCUT2D eigenvalue weighted by atomic mass is 32.2. The molecule has 1 aromatic rings. The smallest absolute Gasteiger partial charge is 0.285 e. The molecule has 8 nitrogen and oxygen atoms in total. The number of hydrogen-bond donors (Lipinski definition) is 2. The Hall–Kier alpha value is -1.75.